The van der Waals surface area contributed by atoms with Crippen molar-refractivity contribution in [1.29, 1.82) is 0 Å². The summed E-state index contributed by atoms with van der Waals surface area (Å²) >= 11 is 0. The number of carbonyl (C=O) groups is 2. The second-order valence-corrected chi connectivity index (χ2v) is 3.96. The van der Waals surface area contributed by atoms with Gasteiger partial charge in [-0.25, -0.2) is 5.90 Å². The number of rotatable bonds is 4. The summed E-state index contributed by atoms with van der Waals surface area (Å²) < 4.78 is 0. The van der Waals surface area contributed by atoms with Crippen LogP contribution in [0, 0.1) is 0 Å². The Balaban J connectivity index is 2.26. The molecule has 0 spiro atoms. The van der Waals surface area contributed by atoms with Gasteiger partial charge in [0.2, 0.25) is 0 Å². The Morgan fingerprint density at radius 2 is 2.11 bits per heavy atom. The van der Waals surface area contributed by atoms with Gasteiger partial charge in [-0.2, -0.15) is 0 Å². The number of nitrogens with one attached hydrogen (secondary N) is 1. The monoisotopic (exact) mass is 249 g/mol. The third kappa shape index (κ3) is 2.49. The minimum atomic E-state index is -0.564. The number of piperazine rings is 1. The van der Waals surface area contributed by atoms with Gasteiger partial charge >= 0.3 is 11.8 Å². The van der Waals surface area contributed by atoms with Gasteiger partial charge in [0, 0.05) is 18.8 Å². The Morgan fingerprint density at radius 3 is 2.89 bits per heavy atom. The molecule has 18 heavy (non-hydrogen) atoms. The number of nitrogens with two attached hydrogens (primary N) is 1. The molecule has 1 saturated heterocycles. The van der Waals surface area contributed by atoms with Crippen LogP contribution in [0.1, 0.15) is 5.56 Å². The predicted molar refractivity (Wildman–Crippen MR) is 65.6 cm³/mol. The van der Waals surface area contributed by atoms with Crippen LogP contribution in [0.2, 0.25) is 0 Å². The van der Waals surface area contributed by atoms with E-state index >= 15 is 0 Å². The fourth-order valence-electron chi connectivity index (χ4n) is 1.97. The molecular formula is C12H15N3O3. The molecule has 2 amide bonds. The van der Waals surface area contributed by atoms with E-state index in [1.165, 1.54) is 4.90 Å². The zero-order valence-corrected chi connectivity index (χ0v) is 9.89. The number of nitrogens with zero attached hydrogens (tertiary/aromatic N) is 1. The van der Waals surface area contributed by atoms with Crippen LogP contribution in [-0.4, -0.2) is 31.5 Å². The number of benzene rings is 1. The summed E-state index contributed by atoms with van der Waals surface area (Å²) in [6.45, 7) is 1.31. The van der Waals surface area contributed by atoms with Crippen molar-refractivity contribution in [3.05, 3.63) is 29.8 Å². The highest BCUT2D eigenvalue weighted by molar-refractivity contribution is 6.41. The van der Waals surface area contributed by atoms with Crippen molar-refractivity contribution in [3.8, 4) is 0 Å². The molecule has 6 nitrogen and oxygen atoms in total. The molecule has 0 atom stereocenters. The van der Waals surface area contributed by atoms with Crippen LogP contribution in [0.25, 0.3) is 0 Å². The van der Waals surface area contributed by atoms with Gasteiger partial charge in [-0.1, -0.05) is 18.2 Å². The lowest BCUT2D eigenvalue weighted by molar-refractivity contribution is -0.138. The smallest absolute Gasteiger partial charge is 0.316 e. The van der Waals surface area contributed by atoms with Crippen LogP contribution in [0.4, 0.5) is 5.69 Å². The maximum Gasteiger partial charge on any atom is 0.316 e. The summed E-state index contributed by atoms with van der Waals surface area (Å²) in [4.78, 5) is 29.2. The van der Waals surface area contributed by atoms with Gasteiger partial charge in [-0.15, -0.1) is 0 Å². The maximum atomic E-state index is 11.8. The van der Waals surface area contributed by atoms with Crippen LogP contribution >= 0.6 is 0 Å². The molecule has 6 heteroatoms. The molecule has 0 radical (unpaired) electrons. The Bertz CT molecular complexity index is 462. The molecule has 0 bridgehead atoms. The molecule has 1 fully saturated rings. The summed E-state index contributed by atoms with van der Waals surface area (Å²) in [6, 6.07) is 7.43. The average molecular weight is 249 g/mol. The molecule has 0 unspecified atom stereocenters. The van der Waals surface area contributed by atoms with Gasteiger partial charge in [0.15, 0.2) is 0 Å². The normalized spacial score (nSPS) is 15.7. The van der Waals surface area contributed by atoms with Crippen LogP contribution in [0.3, 0.4) is 0 Å². The van der Waals surface area contributed by atoms with E-state index in [-0.39, 0.29) is 0 Å². The fraction of sp³-hybridized carbons (Fsp3) is 0.333. The van der Waals surface area contributed by atoms with Crippen molar-refractivity contribution in [2.24, 2.45) is 5.90 Å². The van der Waals surface area contributed by atoms with Crippen molar-refractivity contribution >= 4 is 17.5 Å². The maximum absolute atomic E-state index is 11.8. The zero-order chi connectivity index (χ0) is 13.0. The van der Waals surface area contributed by atoms with E-state index in [1.807, 2.05) is 24.3 Å². The second-order valence-electron chi connectivity index (χ2n) is 3.96. The molecular weight excluding hydrogens is 234 g/mol. The fourth-order valence-corrected chi connectivity index (χ4v) is 1.97. The first-order chi connectivity index (χ1) is 8.74. The third-order valence-corrected chi connectivity index (χ3v) is 2.83. The summed E-state index contributed by atoms with van der Waals surface area (Å²) in [6.07, 6.45) is 0.595. The van der Waals surface area contributed by atoms with Crippen LogP contribution in [0.5, 0.6) is 0 Å². The molecule has 0 saturated carbocycles. The first kappa shape index (κ1) is 12.5. The van der Waals surface area contributed by atoms with Gasteiger partial charge in [0.05, 0.1) is 6.61 Å². The van der Waals surface area contributed by atoms with Crippen molar-refractivity contribution in [1.82, 2.24) is 5.32 Å². The molecule has 1 aromatic carbocycles. The highest BCUT2D eigenvalue weighted by Gasteiger charge is 2.28. The van der Waals surface area contributed by atoms with E-state index in [4.69, 9.17) is 5.90 Å². The standard InChI is InChI=1S/C12H15N3O3/c13-18-8-5-9-3-1-2-4-10(9)15-7-6-14-11(16)12(15)17/h1-4H,5-8,13H2,(H,14,16). The lowest BCUT2D eigenvalue weighted by Gasteiger charge is -2.28. The van der Waals surface area contributed by atoms with Crippen molar-refractivity contribution in [2.45, 2.75) is 6.42 Å². The Labute approximate surface area is 105 Å². The molecule has 2 rings (SSSR count). The van der Waals surface area contributed by atoms with Crippen molar-refractivity contribution in [2.75, 3.05) is 24.6 Å². The first-order valence-corrected chi connectivity index (χ1v) is 5.73. The number of carbonyl (C=O) groups excluding carboxylic acids is 2. The molecule has 1 heterocycles. The lowest BCUT2D eigenvalue weighted by atomic mass is 10.1. The summed E-state index contributed by atoms with van der Waals surface area (Å²) in [5.74, 6) is 3.92. The predicted octanol–water partition coefficient (Wildman–Crippen LogP) is -0.418. The first-order valence-electron chi connectivity index (χ1n) is 5.73. The Kier molecular flexibility index (Phi) is 3.91. The minimum absolute atomic E-state index is 0.366. The Morgan fingerprint density at radius 1 is 1.33 bits per heavy atom. The molecule has 96 valence electrons. The van der Waals surface area contributed by atoms with E-state index in [2.05, 4.69) is 10.2 Å². The molecule has 3 N–H and O–H groups in total. The number of hydrogen-bond donors (Lipinski definition) is 2. The Hall–Kier alpha value is -1.92. The number of amides is 2. The second kappa shape index (κ2) is 5.61. The van der Waals surface area contributed by atoms with Crippen LogP contribution in [0.15, 0.2) is 24.3 Å². The van der Waals surface area contributed by atoms with E-state index < -0.39 is 11.8 Å². The molecule has 0 aromatic heterocycles. The lowest BCUT2D eigenvalue weighted by Crippen LogP contribution is -2.52. The number of para-hydroxylation sites is 1. The SMILES string of the molecule is NOCCc1ccccc1N1CCNC(=O)C1=O. The van der Waals surface area contributed by atoms with Gasteiger partial charge in [0.1, 0.15) is 0 Å². The largest absolute Gasteiger partial charge is 0.346 e. The number of anilines is 1. The van der Waals surface area contributed by atoms with Crippen LogP contribution < -0.4 is 16.1 Å². The van der Waals surface area contributed by atoms with Crippen molar-refractivity contribution in [3.63, 3.8) is 0 Å². The molecule has 1 aliphatic rings. The summed E-state index contributed by atoms with van der Waals surface area (Å²) in [7, 11) is 0. The number of hydrogen-bond acceptors (Lipinski definition) is 4. The van der Waals surface area contributed by atoms with Gasteiger partial charge in [0.25, 0.3) is 0 Å². The van der Waals surface area contributed by atoms with Gasteiger partial charge in [-0.3, -0.25) is 9.59 Å². The van der Waals surface area contributed by atoms with E-state index in [0.29, 0.717) is 26.1 Å². The summed E-state index contributed by atoms with van der Waals surface area (Å²) in [5.41, 5.74) is 1.68. The topological polar surface area (TPSA) is 84.7 Å². The van der Waals surface area contributed by atoms with E-state index in [1.54, 1.807) is 0 Å². The third-order valence-electron chi connectivity index (χ3n) is 2.83. The highest BCUT2D eigenvalue weighted by Crippen LogP contribution is 2.21. The average Bonchev–Trinajstić information content (AvgIpc) is 2.40. The van der Waals surface area contributed by atoms with E-state index in [0.717, 1.165) is 11.3 Å². The van der Waals surface area contributed by atoms with Gasteiger partial charge in [-0.05, 0) is 18.1 Å². The highest BCUT2D eigenvalue weighted by atomic mass is 16.6. The van der Waals surface area contributed by atoms with Crippen molar-refractivity contribution < 1.29 is 14.4 Å². The summed E-state index contributed by atoms with van der Waals surface area (Å²) in [5, 5.41) is 2.52. The molecule has 0 aliphatic carbocycles. The minimum Gasteiger partial charge on any atom is -0.346 e. The molecule has 1 aliphatic heterocycles. The van der Waals surface area contributed by atoms with Gasteiger partial charge < -0.3 is 15.1 Å². The quantitative estimate of drug-likeness (QED) is 0.561. The zero-order valence-electron chi connectivity index (χ0n) is 9.89. The van der Waals surface area contributed by atoms with Crippen LogP contribution in [-0.2, 0) is 20.8 Å². The van der Waals surface area contributed by atoms with E-state index in [9.17, 15) is 9.59 Å². The molecule has 1 aromatic rings.